The van der Waals surface area contributed by atoms with Gasteiger partial charge < -0.3 is 14.4 Å². The van der Waals surface area contributed by atoms with Gasteiger partial charge in [0.05, 0.1) is 19.9 Å². The van der Waals surface area contributed by atoms with Crippen molar-refractivity contribution < 1.29 is 9.47 Å². The van der Waals surface area contributed by atoms with Crippen molar-refractivity contribution in [3.8, 4) is 11.5 Å². The van der Waals surface area contributed by atoms with Crippen molar-refractivity contribution in [1.82, 2.24) is 0 Å². The molecular weight excluding hydrogens is 334 g/mol. The van der Waals surface area contributed by atoms with Crippen molar-refractivity contribution in [3.63, 3.8) is 0 Å². The van der Waals surface area contributed by atoms with Gasteiger partial charge in [0, 0.05) is 24.0 Å². The molecule has 1 fully saturated rings. The zero-order chi connectivity index (χ0) is 17.7. The van der Waals surface area contributed by atoms with E-state index < -0.39 is 0 Å². The van der Waals surface area contributed by atoms with Crippen molar-refractivity contribution >= 4 is 17.3 Å². The molecule has 0 N–H and O–H groups in total. The summed E-state index contributed by atoms with van der Waals surface area (Å²) in [4.78, 5) is 2.39. The van der Waals surface area contributed by atoms with Gasteiger partial charge in [-0.2, -0.15) is 0 Å². The molecule has 3 rings (SSSR count). The highest BCUT2D eigenvalue weighted by Crippen LogP contribution is 2.41. The molecular formula is C21H24ClNO2. The lowest BCUT2D eigenvalue weighted by Crippen LogP contribution is -2.41. The average molecular weight is 358 g/mol. The molecule has 0 amide bonds. The summed E-state index contributed by atoms with van der Waals surface area (Å²) < 4.78 is 10.9. The van der Waals surface area contributed by atoms with Crippen molar-refractivity contribution in [2.24, 2.45) is 0 Å². The minimum Gasteiger partial charge on any atom is -0.497 e. The quantitative estimate of drug-likeness (QED) is 0.752. The topological polar surface area (TPSA) is 21.7 Å². The van der Waals surface area contributed by atoms with Crippen LogP contribution in [0.1, 0.15) is 18.4 Å². The number of ether oxygens (including phenoxy) is 2. The fourth-order valence-electron chi connectivity index (χ4n) is 3.64. The zero-order valence-electron chi connectivity index (χ0n) is 14.7. The van der Waals surface area contributed by atoms with Crippen molar-refractivity contribution in [3.05, 3.63) is 65.7 Å². The number of hydrogen-bond donors (Lipinski definition) is 0. The third-order valence-electron chi connectivity index (χ3n) is 5.11. The first-order chi connectivity index (χ1) is 12.2. The standard InChI is InChI=1S/C21H24ClNO2/c1-24-18-7-5-6-17(16-18)21(10-13-22)11-14-23(15-12-21)19-8-3-4-9-20(19)25-2/h3-10,13,16H,11-12,14-15H2,1-2H3/b13-10+. The maximum atomic E-state index is 6.00. The van der Waals surface area contributed by atoms with Gasteiger partial charge in [0.25, 0.3) is 0 Å². The molecule has 1 saturated heterocycles. The number of rotatable bonds is 5. The third-order valence-corrected chi connectivity index (χ3v) is 5.23. The monoisotopic (exact) mass is 357 g/mol. The van der Waals surface area contributed by atoms with E-state index in [0.717, 1.165) is 43.1 Å². The lowest BCUT2D eigenvalue weighted by Gasteiger charge is -2.41. The Bertz CT molecular complexity index is 736. The van der Waals surface area contributed by atoms with Gasteiger partial charge in [0.1, 0.15) is 11.5 Å². The van der Waals surface area contributed by atoms with Gasteiger partial charge in [0.2, 0.25) is 0 Å². The van der Waals surface area contributed by atoms with E-state index >= 15 is 0 Å². The summed E-state index contributed by atoms with van der Waals surface area (Å²) >= 11 is 6.00. The van der Waals surface area contributed by atoms with E-state index in [1.165, 1.54) is 5.56 Å². The largest absolute Gasteiger partial charge is 0.497 e. The van der Waals surface area contributed by atoms with Gasteiger partial charge in [-0.1, -0.05) is 41.9 Å². The molecule has 0 unspecified atom stereocenters. The number of benzene rings is 2. The molecule has 25 heavy (non-hydrogen) atoms. The van der Waals surface area contributed by atoms with Gasteiger partial charge in [-0.15, -0.1) is 0 Å². The van der Waals surface area contributed by atoms with Crippen LogP contribution < -0.4 is 14.4 Å². The van der Waals surface area contributed by atoms with Crippen LogP contribution in [0.2, 0.25) is 0 Å². The van der Waals surface area contributed by atoms with Gasteiger partial charge in [-0.05, 0) is 42.7 Å². The maximum Gasteiger partial charge on any atom is 0.142 e. The number of allylic oxidation sites excluding steroid dienone is 1. The number of hydrogen-bond acceptors (Lipinski definition) is 3. The predicted molar refractivity (Wildman–Crippen MR) is 104 cm³/mol. The van der Waals surface area contributed by atoms with Crippen LogP contribution in [0.15, 0.2) is 60.1 Å². The number of anilines is 1. The number of methoxy groups -OCH3 is 2. The lowest BCUT2D eigenvalue weighted by molar-refractivity contribution is 0.386. The van der Waals surface area contributed by atoms with Crippen LogP contribution in [0.4, 0.5) is 5.69 Å². The first kappa shape index (κ1) is 17.7. The van der Waals surface area contributed by atoms with Crippen LogP contribution in [0, 0.1) is 0 Å². The minimum atomic E-state index is -0.0607. The summed E-state index contributed by atoms with van der Waals surface area (Å²) in [6.45, 7) is 1.89. The van der Waals surface area contributed by atoms with E-state index in [4.69, 9.17) is 21.1 Å². The van der Waals surface area contributed by atoms with E-state index in [0.29, 0.717) is 0 Å². The normalized spacial score (nSPS) is 16.8. The Morgan fingerprint density at radius 2 is 1.76 bits per heavy atom. The Labute approximate surface area is 154 Å². The first-order valence-corrected chi connectivity index (χ1v) is 8.96. The summed E-state index contributed by atoms with van der Waals surface area (Å²) in [5.74, 6) is 1.80. The number of nitrogens with zero attached hydrogens (tertiary/aromatic N) is 1. The van der Waals surface area contributed by atoms with Gasteiger partial charge in [-0.25, -0.2) is 0 Å². The first-order valence-electron chi connectivity index (χ1n) is 8.53. The molecule has 0 atom stereocenters. The van der Waals surface area contributed by atoms with Gasteiger partial charge in [0.15, 0.2) is 0 Å². The van der Waals surface area contributed by atoms with E-state index in [9.17, 15) is 0 Å². The average Bonchev–Trinajstić information content (AvgIpc) is 2.69. The third kappa shape index (κ3) is 3.62. The van der Waals surface area contributed by atoms with E-state index in [2.05, 4.69) is 35.2 Å². The zero-order valence-corrected chi connectivity index (χ0v) is 15.5. The Hall–Kier alpha value is -2.13. The molecule has 2 aromatic rings. The summed E-state index contributed by atoms with van der Waals surface area (Å²) in [6, 6.07) is 16.5. The lowest BCUT2D eigenvalue weighted by atomic mass is 9.73. The molecule has 1 aliphatic heterocycles. The van der Waals surface area contributed by atoms with Crippen LogP contribution in [0.25, 0.3) is 0 Å². The molecule has 132 valence electrons. The Morgan fingerprint density at radius 3 is 2.44 bits per heavy atom. The molecule has 0 radical (unpaired) electrons. The summed E-state index contributed by atoms with van der Waals surface area (Å²) in [5, 5.41) is 0. The Kier molecular flexibility index (Phi) is 5.54. The maximum absolute atomic E-state index is 6.00. The molecule has 0 spiro atoms. The second-order valence-corrected chi connectivity index (χ2v) is 6.59. The van der Waals surface area contributed by atoms with Crippen LogP contribution in [-0.4, -0.2) is 27.3 Å². The van der Waals surface area contributed by atoms with E-state index in [-0.39, 0.29) is 5.41 Å². The fourth-order valence-corrected chi connectivity index (χ4v) is 3.88. The molecule has 0 aliphatic carbocycles. The van der Waals surface area contributed by atoms with E-state index in [1.54, 1.807) is 19.8 Å². The van der Waals surface area contributed by atoms with Crippen molar-refractivity contribution in [1.29, 1.82) is 0 Å². The van der Waals surface area contributed by atoms with Crippen LogP contribution in [0.5, 0.6) is 11.5 Å². The van der Waals surface area contributed by atoms with Crippen LogP contribution in [0.3, 0.4) is 0 Å². The predicted octanol–water partition coefficient (Wildman–Crippen LogP) is 4.99. The molecule has 1 aliphatic rings. The number of halogens is 1. The Balaban J connectivity index is 1.85. The fraction of sp³-hybridized carbons (Fsp3) is 0.333. The van der Waals surface area contributed by atoms with Gasteiger partial charge >= 0.3 is 0 Å². The minimum absolute atomic E-state index is 0.0607. The molecule has 1 heterocycles. The SMILES string of the molecule is COc1cccc(C2(/C=C/Cl)CCN(c3ccccc3OC)CC2)c1. The summed E-state index contributed by atoms with van der Waals surface area (Å²) in [6.07, 6.45) is 4.10. The molecule has 4 heteroatoms. The number of piperidine rings is 1. The second-order valence-electron chi connectivity index (χ2n) is 6.34. The smallest absolute Gasteiger partial charge is 0.142 e. The molecule has 0 bridgehead atoms. The molecule has 2 aromatic carbocycles. The molecule has 0 aromatic heterocycles. The van der Waals surface area contributed by atoms with E-state index in [1.807, 2.05) is 24.3 Å². The summed E-state index contributed by atoms with van der Waals surface area (Å²) in [5.41, 5.74) is 4.00. The highest BCUT2D eigenvalue weighted by atomic mass is 35.5. The van der Waals surface area contributed by atoms with Crippen molar-refractivity contribution in [2.45, 2.75) is 18.3 Å². The highest BCUT2D eigenvalue weighted by Gasteiger charge is 2.34. The van der Waals surface area contributed by atoms with Crippen LogP contribution >= 0.6 is 11.6 Å². The Morgan fingerprint density at radius 1 is 1.00 bits per heavy atom. The van der Waals surface area contributed by atoms with Crippen LogP contribution in [-0.2, 0) is 5.41 Å². The highest BCUT2D eigenvalue weighted by molar-refractivity contribution is 6.25. The molecule has 0 saturated carbocycles. The summed E-state index contributed by atoms with van der Waals surface area (Å²) in [7, 11) is 3.42. The van der Waals surface area contributed by atoms with Crippen molar-refractivity contribution in [2.75, 3.05) is 32.2 Å². The second kappa shape index (κ2) is 7.83. The molecule has 3 nitrogen and oxygen atoms in total. The van der Waals surface area contributed by atoms with Gasteiger partial charge in [-0.3, -0.25) is 0 Å². The number of para-hydroxylation sites is 2.